The highest BCUT2D eigenvalue weighted by molar-refractivity contribution is 5.85. The highest BCUT2D eigenvalue weighted by Crippen LogP contribution is 2.46. The summed E-state index contributed by atoms with van der Waals surface area (Å²) in [5.41, 5.74) is 5.12. The van der Waals surface area contributed by atoms with Crippen molar-refractivity contribution >= 4 is 23.8 Å². The molecular formula is C29H50ClN3O. The summed E-state index contributed by atoms with van der Waals surface area (Å²) in [4.78, 5) is 7.98. The second kappa shape index (κ2) is 12.8. The Morgan fingerprint density at radius 3 is 2.18 bits per heavy atom. The predicted octanol–water partition coefficient (Wildman–Crippen LogP) is 6.72. The van der Waals surface area contributed by atoms with Crippen LogP contribution in [0, 0.1) is 5.41 Å². The molecule has 0 radical (unpaired) electrons. The number of rotatable bonds is 8. The molecule has 0 unspecified atom stereocenters. The number of benzene rings is 1. The Bertz CT molecular complexity index is 729. The number of anilines is 2. The standard InChI is InChI=1S/C29H49N3O.ClH/c1-5-6-7-16-30-19-21-32(22-20-30)28-9-8-25(31-17-12-26(33-4)13-18-31)23-27(28)24-10-14-29(2,3)15-11-24;/h8-9,23-24,26H,5-7,10-22H2,1-4H3;1H. The molecule has 0 N–H and O–H groups in total. The number of hydrogen-bond donors (Lipinski definition) is 0. The van der Waals surface area contributed by atoms with Crippen LogP contribution in [0.1, 0.15) is 90.0 Å². The van der Waals surface area contributed by atoms with Crippen LogP contribution in [0.5, 0.6) is 0 Å². The number of unbranched alkanes of at least 4 members (excludes halogenated alkanes) is 2. The first-order chi connectivity index (χ1) is 16.0. The smallest absolute Gasteiger partial charge is 0.0605 e. The van der Waals surface area contributed by atoms with E-state index in [2.05, 4.69) is 53.7 Å². The molecule has 1 saturated carbocycles. The molecule has 0 amide bonds. The van der Waals surface area contributed by atoms with E-state index in [1.807, 2.05) is 7.11 Å². The van der Waals surface area contributed by atoms with Crippen LogP contribution < -0.4 is 9.80 Å². The van der Waals surface area contributed by atoms with Gasteiger partial charge in [0.2, 0.25) is 0 Å². The predicted molar refractivity (Wildman–Crippen MR) is 149 cm³/mol. The second-order valence-electron chi connectivity index (χ2n) is 11.6. The Morgan fingerprint density at radius 1 is 0.882 bits per heavy atom. The number of ether oxygens (including phenoxy) is 1. The van der Waals surface area contributed by atoms with Gasteiger partial charge in [0.15, 0.2) is 0 Å². The fourth-order valence-electron chi connectivity index (χ4n) is 6.21. The molecule has 1 aromatic rings. The molecule has 2 saturated heterocycles. The molecule has 2 aliphatic heterocycles. The van der Waals surface area contributed by atoms with Gasteiger partial charge >= 0.3 is 0 Å². The Kier molecular flexibility index (Phi) is 10.4. The third-order valence-corrected chi connectivity index (χ3v) is 8.72. The van der Waals surface area contributed by atoms with E-state index in [9.17, 15) is 0 Å². The lowest BCUT2D eigenvalue weighted by atomic mass is 9.71. The van der Waals surface area contributed by atoms with Gasteiger partial charge in [-0.1, -0.05) is 33.6 Å². The largest absolute Gasteiger partial charge is 0.381 e. The van der Waals surface area contributed by atoms with Crippen LogP contribution >= 0.6 is 12.4 Å². The molecule has 4 nitrogen and oxygen atoms in total. The van der Waals surface area contributed by atoms with Crippen LogP contribution in [0.2, 0.25) is 0 Å². The number of piperidine rings is 1. The summed E-state index contributed by atoms with van der Waals surface area (Å²) < 4.78 is 5.61. The van der Waals surface area contributed by atoms with Gasteiger partial charge in [-0.3, -0.25) is 4.90 Å². The zero-order valence-corrected chi connectivity index (χ0v) is 23.2. The maximum atomic E-state index is 5.61. The molecule has 1 aliphatic carbocycles. The summed E-state index contributed by atoms with van der Waals surface area (Å²) in [7, 11) is 1.86. The van der Waals surface area contributed by atoms with Crippen LogP contribution in [0.15, 0.2) is 18.2 Å². The van der Waals surface area contributed by atoms with Crippen LogP contribution in [-0.4, -0.2) is 63.9 Å². The summed E-state index contributed by atoms with van der Waals surface area (Å²) in [6.07, 6.45) is 12.2. The molecule has 194 valence electrons. The molecular weight excluding hydrogens is 442 g/mol. The van der Waals surface area contributed by atoms with E-state index < -0.39 is 0 Å². The van der Waals surface area contributed by atoms with Gasteiger partial charge < -0.3 is 14.5 Å². The monoisotopic (exact) mass is 491 g/mol. The van der Waals surface area contributed by atoms with E-state index in [-0.39, 0.29) is 12.4 Å². The van der Waals surface area contributed by atoms with Gasteiger partial charge in [-0.15, -0.1) is 12.4 Å². The Morgan fingerprint density at radius 2 is 1.56 bits per heavy atom. The molecule has 34 heavy (non-hydrogen) atoms. The quantitative estimate of drug-likeness (QED) is 0.375. The van der Waals surface area contributed by atoms with Gasteiger partial charge in [0, 0.05) is 57.8 Å². The summed E-state index contributed by atoms with van der Waals surface area (Å²) in [6.45, 7) is 15.5. The van der Waals surface area contributed by atoms with E-state index >= 15 is 0 Å². The van der Waals surface area contributed by atoms with Crippen molar-refractivity contribution in [2.45, 2.75) is 90.6 Å². The number of hydrogen-bond acceptors (Lipinski definition) is 4. The van der Waals surface area contributed by atoms with Crippen molar-refractivity contribution in [1.29, 1.82) is 0 Å². The topological polar surface area (TPSA) is 19.0 Å². The second-order valence-corrected chi connectivity index (χ2v) is 11.6. The zero-order valence-electron chi connectivity index (χ0n) is 22.4. The minimum Gasteiger partial charge on any atom is -0.381 e. The van der Waals surface area contributed by atoms with E-state index in [1.165, 1.54) is 89.0 Å². The van der Waals surface area contributed by atoms with Gasteiger partial charge in [-0.25, -0.2) is 0 Å². The first-order valence-corrected chi connectivity index (χ1v) is 13.9. The maximum Gasteiger partial charge on any atom is 0.0605 e. The lowest BCUT2D eigenvalue weighted by Gasteiger charge is -2.40. The SMILES string of the molecule is CCCCCN1CCN(c2ccc(N3CCC(OC)CC3)cc2C2CCC(C)(C)CC2)CC1.Cl. The average molecular weight is 492 g/mol. The molecule has 0 bridgehead atoms. The van der Waals surface area contributed by atoms with Crippen molar-refractivity contribution in [3.63, 3.8) is 0 Å². The van der Waals surface area contributed by atoms with E-state index in [4.69, 9.17) is 4.74 Å². The van der Waals surface area contributed by atoms with E-state index in [1.54, 1.807) is 5.56 Å². The number of nitrogens with zero attached hydrogens (tertiary/aromatic N) is 3. The van der Waals surface area contributed by atoms with Crippen LogP contribution in [0.3, 0.4) is 0 Å². The fourth-order valence-corrected chi connectivity index (χ4v) is 6.21. The van der Waals surface area contributed by atoms with Crippen LogP contribution in [0.4, 0.5) is 11.4 Å². The molecule has 3 aliphatic rings. The lowest BCUT2D eigenvalue weighted by molar-refractivity contribution is 0.0819. The van der Waals surface area contributed by atoms with Crippen molar-refractivity contribution < 1.29 is 4.74 Å². The molecule has 0 atom stereocenters. The van der Waals surface area contributed by atoms with Gasteiger partial charge in [0.1, 0.15) is 0 Å². The van der Waals surface area contributed by atoms with Crippen LogP contribution in [-0.2, 0) is 4.74 Å². The molecule has 4 rings (SSSR count). The first-order valence-electron chi connectivity index (χ1n) is 13.9. The summed E-state index contributed by atoms with van der Waals surface area (Å²) >= 11 is 0. The van der Waals surface area contributed by atoms with Crippen molar-refractivity contribution in [2.75, 3.05) is 62.7 Å². The van der Waals surface area contributed by atoms with Crippen molar-refractivity contribution in [3.8, 4) is 0 Å². The molecule has 0 spiro atoms. The normalized spacial score (nSPS) is 22.6. The van der Waals surface area contributed by atoms with Crippen LogP contribution in [0.25, 0.3) is 0 Å². The molecule has 3 fully saturated rings. The van der Waals surface area contributed by atoms with Gasteiger partial charge in [0.25, 0.3) is 0 Å². The third kappa shape index (κ3) is 7.04. The van der Waals surface area contributed by atoms with Crippen molar-refractivity contribution in [2.24, 2.45) is 5.41 Å². The number of piperazine rings is 1. The Labute approximate surface area is 215 Å². The fraction of sp³-hybridized carbons (Fsp3) is 0.793. The Balaban J connectivity index is 0.00000324. The van der Waals surface area contributed by atoms with E-state index in [0.717, 1.165) is 25.9 Å². The highest BCUT2D eigenvalue weighted by Gasteiger charge is 2.31. The maximum absolute atomic E-state index is 5.61. The van der Waals surface area contributed by atoms with E-state index in [0.29, 0.717) is 17.4 Å². The minimum atomic E-state index is 0. The average Bonchev–Trinajstić information content (AvgIpc) is 2.84. The Hall–Kier alpha value is -0.970. The van der Waals surface area contributed by atoms with Gasteiger partial charge in [-0.2, -0.15) is 0 Å². The van der Waals surface area contributed by atoms with Gasteiger partial charge in [-0.05, 0) is 86.6 Å². The molecule has 0 aromatic heterocycles. The molecule has 5 heteroatoms. The summed E-state index contributed by atoms with van der Waals surface area (Å²) in [5.74, 6) is 0.715. The highest BCUT2D eigenvalue weighted by atomic mass is 35.5. The summed E-state index contributed by atoms with van der Waals surface area (Å²) in [6, 6.07) is 7.46. The zero-order chi connectivity index (χ0) is 23.3. The van der Waals surface area contributed by atoms with Gasteiger partial charge in [0.05, 0.1) is 6.10 Å². The molecule has 2 heterocycles. The summed E-state index contributed by atoms with van der Waals surface area (Å²) in [5, 5.41) is 0. The molecule has 1 aromatic carbocycles. The first kappa shape index (κ1) is 27.6. The number of methoxy groups -OCH3 is 1. The minimum absolute atomic E-state index is 0. The number of halogens is 1. The van der Waals surface area contributed by atoms with Crippen molar-refractivity contribution in [3.05, 3.63) is 23.8 Å². The van der Waals surface area contributed by atoms with Crippen molar-refractivity contribution in [1.82, 2.24) is 4.90 Å². The lowest BCUT2D eigenvalue weighted by Crippen LogP contribution is -2.47. The third-order valence-electron chi connectivity index (χ3n) is 8.72.